The fourth-order valence-corrected chi connectivity index (χ4v) is 1.27. The Kier molecular flexibility index (Phi) is 1.85. The van der Waals surface area contributed by atoms with Gasteiger partial charge in [-0.05, 0) is 12.8 Å². The van der Waals surface area contributed by atoms with Gasteiger partial charge in [-0.15, -0.1) is 0 Å². The Bertz CT molecular complexity index is 134. The van der Waals surface area contributed by atoms with Crippen LogP contribution in [0.5, 0.6) is 0 Å². The van der Waals surface area contributed by atoms with Gasteiger partial charge in [0, 0.05) is 0 Å². The van der Waals surface area contributed by atoms with Gasteiger partial charge in [-0.25, -0.2) is 8.93 Å². The highest BCUT2D eigenvalue weighted by molar-refractivity contribution is 7.77. The summed E-state index contributed by atoms with van der Waals surface area (Å²) in [6.45, 7) is -0.0562. The maximum Gasteiger partial charge on any atom is 0.232 e. The van der Waals surface area contributed by atoms with E-state index >= 15 is 0 Å². The average Bonchev–Trinajstić information content (AvgIpc) is 2.48. The Balaban J connectivity index is 2.33. The molecule has 1 fully saturated rings. The molecule has 1 aliphatic rings. The zero-order valence-corrected chi connectivity index (χ0v) is 5.65. The molecule has 1 atom stereocenters. The Morgan fingerprint density at radius 3 is 2.33 bits per heavy atom. The van der Waals surface area contributed by atoms with Gasteiger partial charge >= 0.3 is 0 Å². The van der Waals surface area contributed by atoms with E-state index in [9.17, 15) is 4.21 Å². The lowest BCUT2D eigenvalue weighted by Crippen LogP contribution is -2.35. The molecule has 0 aromatic rings. The van der Waals surface area contributed by atoms with E-state index in [4.69, 9.17) is 9.66 Å². The zero-order valence-electron chi connectivity index (χ0n) is 4.83. The van der Waals surface area contributed by atoms with Gasteiger partial charge in [-0.3, -0.25) is 4.55 Å². The second-order valence-corrected chi connectivity index (χ2v) is 2.99. The maximum absolute atomic E-state index is 10.1. The summed E-state index contributed by atoms with van der Waals surface area (Å²) in [5.41, 5.74) is -0.431. The molecule has 4 nitrogen and oxygen atoms in total. The van der Waals surface area contributed by atoms with Crippen LogP contribution in [0.2, 0.25) is 0 Å². The van der Waals surface area contributed by atoms with Crippen molar-refractivity contribution in [2.24, 2.45) is 0 Å². The van der Waals surface area contributed by atoms with Crippen molar-refractivity contribution in [3.05, 3.63) is 0 Å². The summed E-state index contributed by atoms with van der Waals surface area (Å²) < 4.78 is 20.8. The maximum atomic E-state index is 10.1. The summed E-state index contributed by atoms with van der Waals surface area (Å²) in [4.78, 5) is 0. The second-order valence-electron chi connectivity index (χ2n) is 2.29. The summed E-state index contributed by atoms with van der Waals surface area (Å²) in [6.07, 6.45) is 1.58. The number of rotatable bonds is 3. The van der Waals surface area contributed by atoms with Crippen molar-refractivity contribution >= 4 is 11.3 Å². The molecule has 0 amide bonds. The molecule has 0 aromatic heterocycles. The van der Waals surface area contributed by atoms with Crippen LogP contribution in [-0.2, 0) is 11.3 Å². The first-order valence-corrected chi connectivity index (χ1v) is 3.79. The minimum absolute atomic E-state index is 0.0562. The molecule has 0 saturated heterocycles. The van der Waals surface area contributed by atoms with Crippen molar-refractivity contribution < 1.29 is 13.9 Å². The normalized spacial score (nSPS) is 25.6. The van der Waals surface area contributed by atoms with Crippen molar-refractivity contribution in [1.82, 2.24) is 4.72 Å². The highest BCUT2D eigenvalue weighted by Gasteiger charge is 2.43. The molecule has 1 saturated carbocycles. The number of aliphatic hydroxyl groups excluding tert-OH is 1. The molecule has 0 bridgehead atoms. The van der Waals surface area contributed by atoms with Crippen LogP contribution in [0.1, 0.15) is 12.8 Å². The number of hydrogen-bond donors (Lipinski definition) is 3. The van der Waals surface area contributed by atoms with Crippen molar-refractivity contribution in [3.8, 4) is 0 Å². The molecule has 1 unspecified atom stereocenters. The Morgan fingerprint density at radius 1 is 1.67 bits per heavy atom. The molecule has 0 aliphatic heterocycles. The van der Waals surface area contributed by atoms with Gasteiger partial charge in [0.1, 0.15) is 0 Å². The topological polar surface area (TPSA) is 69.6 Å². The third-order valence-corrected chi connectivity index (χ3v) is 2.07. The van der Waals surface area contributed by atoms with Gasteiger partial charge in [-0.2, -0.15) is 0 Å². The van der Waals surface area contributed by atoms with Crippen LogP contribution in [-0.4, -0.2) is 26.0 Å². The van der Waals surface area contributed by atoms with Gasteiger partial charge in [0.2, 0.25) is 11.3 Å². The van der Waals surface area contributed by atoms with E-state index in [-0.39, 0.29) is 6.61 Å². The minimum atomic E-state index is -1.98. The monoisotopic (exact) mass is 151 g/mol. The standard InChI is InChI=1S/C4H9NO3S/c6-3-4(1-2-4)5-9(7)8/h5-6H,1-3H2,(H,7,8). The number of aliphatic hydroxyl groups is 1. The van der Waals surface area contributed by atoms with Gasteiger partial charge in [0.05, 0.1) is 12.1 Å². The lowest BCUT2D eigenvalue weighted by molar-refractivity contribution is 0.246. The molecular weight excluding hydrogens is 142 g/mol. The average molecular weight is 151 g/mol. The van der Waals surface area contributed by atoms with Crippen LogP contribution < -0.4 is 4.72 Å². The molecule has 1 rings (SSSR count). The van der Waals surface area contributed by atoms with Crippen LogP contribution in [0.25, 0.3) is 0 Å². The highest BCUT2D eigenvalue weighted by atomic mass is 32.2. The van der Waals surface area contributed by atoms with Crippen LogP contribution in [0.3, 0.4) is 0 Å². The molecule has 5 heteroatoms. The molecule has 3 N–H and O–H groups in total. The van der Waals surface area contributed by atoms with Crippen LogP contribution in [0, 0.1) is 0 Å². The van der Waals surface area contributed by atoms with Crippen molar-refractivity contribution in [1.29, 1.82) is 0 Å². The molecule has 54 valence electrons. The van der Waals surface area contributed by atoms with Gasteiger partial charge in [0.25, 0.3) is 0 Å². The van der Waals surface area contributed by atoms with E-state index in [1.165, 1.54) is 0 Å². The van der Waals surface area contributed by atoms with E-state index < -0.39 is 16.8 Å². The third-order valence-electron chi connectivity index (χ3n) is 1.46. The first-order chi connectivity index (χ1) is 4.18. The molecular formula is C4H9NO3S. The smallest absolute Gasteiger partial charge is 0.232 e. The lowest BCUT2D eigenvalue weighted by Gasteiger charge is -2.08. The summed E-state index contributed by atoms with van der Waals surface area (Å²) in [5, 5.41) is 8.60. The molecule has 0 spiro atoms. The van der Waals surface area contributed by atoms with E-state index in [2.05, 4.69) is 4.72 Å². The van der Waals surface area contributed by atoms with Gasteiger partial charge < -0.3 is 5.11 Å². The van der Waals surface area contributed by atoms with Gasteiger partial charge in [0.15, 0.2) is 0 Å². The summed E-state index contributed by atoms with van der Waals surface area (Å²) in [7, 11) is 0. The fourth-order valence-electron chi connectivity index (χ4n) is 0.629. The summed E-state index contributed by atoms with van der Waals surface area (Å²) in [6, 6.07) is 0. The summed E-state index contributed by atoms with van der Waals surface area (Å²) in [5.74, 6) is 0. The van der Waals surface area contributed by atoms with E-state index in [1.54, 1.807) is 0 Å². The molecule has 0 heterocycles. The molecule has 9 heavy (non-hydrogen) atoms. The SMILES string of the molecule is O=S(O)NC1(CO)CC1. The minimum Gasteiger partial charge on any atom is -0.394 e. The Morgan fingerprint density at radius 2 is 2.22 bits per heavy atom. The van der Waals surface area contributed by atoms with Crippen LogP contribution >= 0.6 is 0 Å². The van der Waals surface area contributed by atoms with Crippen molar-refractivity contribution in [2.45, 2.75) is 18.4 Å². The number of nitrogens with one attached hydrogen (secondary N) is 1. The predicted octanol–water partition coefficient (Wildman–Crippen LogP) is -0.762. The summed E-state index contributed by atoms with van der Waals surface area (Å²) >= 11 is -1.98. The Labute approximate surface area is 55.7 Å². The predicted molar refractivity (Wildman–Crippen MR) is 33.0 cm³/mol. The molecule has 0 aromatic carbocycles. The van der Waals surface area contributed by atoms with E-state index in [1.807, 2.05) is 0 Å². The second kappa shape index (κ2) is 2.34. The number of hydrogen-bond acceptors (Lipinski definition) is 2. The van der Waals surface area contributed by atoms with Crippen LogP contribution in [0.15, 0.2) is 0 Å². The van der Waals surface area contributed by atoms with Gasteiger partial charge in [-0.1, -0.05) is 0 Å². The van der Waals surface area contributed by atoms with Crippen molar-refractivity contribution in [3.63, 3.8) is 0 Å². The Hall–Kier alpha value is 0.0300. The first kappa shape index (κ1) is 7.14. The molecule has 1 aliphatic carbocycles. The largest absolute Gasteiger partial charge is 0.394 e. The highest BCUT2D eigenvalue weighted by Crippen LogP contribution is 2.34. The molecule has 0 radical (unpaired) electrons. The fraction of sp³-hybridized carbons (Fsp3) is 1.00. The quantitative estimate of drug-likeness (QED) is 0.464. The van der Waals surface area contributed by atoms with Crippen LogP contribution in [0.4, 0.5) is 0 Å². The third kappa shape index (κ3) is 1.72. The lowest BCUT2D eigenvalue weighted by atomic mass is 10.3. The van der Waals surface area contributed by atoms with E-state index in [0.29, 0.717) is 0 Å². The zero-order chi connectivity index (χ0) is 6.91. The van der Waals surface area contributed by atoms with Crippen molar-refractivity contribution in [2.75, 3.05) is 6.61 Å². The first-order valence-electron chi connectivity index (χ1n) is 2.68. The van der Waals surface area contributed by atoms with E-state index in [0.717, 1.165) is 12.8 Å².